The van der Waals surface area contributed by atoms with Crippen molar-refractivity contribution >= 4 is 23.6 Å². The van der Waals surface area contributed by atoms with Gasteiger partial charge >= 0.3 is 0 Å². The van der Waals surface area contributed by atoms with E-state index in [1.54, 1.807) is 11.8 Å². The molecule has 2 atom stereocenters. The molecule has 0 radical (unpaired) electrons. The molecule has 1 aromatic carbocycles. The summed E-state index contributed by atoms with van der Waals surface area (Å²) in [5, 5.41) is 6.02. The summed E-state index contributed by atoms with van der Waals surface area (Å²) < 4.78 is 0. The van der Waals surface area contributed by atoms with Gasteiger partial charge in [-0.3, -0.25) is 9.59 Å². The van der Waals surface area contributed by atoms with Crippen LogP contribution in [0.5, 0.6) is 0 Å². The van der Waals surface area contributed by atoms with Gasteiger partial charge in [0.15, 0.2) is 0 Å². The highest BCUT2D eigenvalue weighted by Crippen LogP contribution is 2.56. The number of carbonyl (C=O) groups is 2. The zero-order valence-corrected chi connectivity index (χ0v) is 16.8. The molecule has 2 rings (SSSR count). The first kappa shape index (κ1) is 19.8. The van der Waals surface area contributed by atoms with Gasteiger partial charge in [-0.2, -0.15) is 0 Å². The van der Waals surface area contributed by atoms with Crippen molar-refractivity contribution in [1.82, 2.24) is 10.6 Å². The van der Waals surface area contributed by atoms with Gasteiger partial charge in [-0.15, -0.1) is 11.8 Å². The van der Waals surface area contributed by atoms with Gasteiger partial charge in [0, 0.05) is 23.9 Å². The average molecular weight is 363 g/mol. The molecule has 2 N–H and O–H groups in total. The third-order valence-electron chi connectivity index (χ3n) is 5.98. The lowest BCUT2D eigenvalue weighted by Gasteiger charge is -2.39. The second kappa shape index (κ2) is 7.81. The molecule has 1 aromatic rings. The van der Waals surface area contributed by atoms with Crippen molar-refractivity contribution in [2.24, 2.45) is 16.7 Å². The Morgan fingerprint density at radius 3 is 2.60 bits per heavy atom. The van der Waals surface area contributed by atoms with Gasteiger partial charge in [-0.25, -0.2) is 0 Å². The molecule has 1 aliphatic carbocycles. The van der Waals surface area contributed by atoms with Gasteiger partial charge < -0.3 is 10.6 Å². The minimum absolute atomic E-state index is 0.0406. The Balaban J connectivity index is 2.08. The van der Waals surface area contributed by atoms with Gasteiger partial charge in [0.2, 0.25) is 11.8 Å². The summed E-state index contributed by atoms with van der Waals surface area (Å²) in [4.78, 5) is 26.6. The highest BCUT2D eigenvalue weighted by atomic mass is 32.2. The highest BCUT2D eigenvalue weighted by Gasteiger charge is 2.57. The van der Waals surface area contributed by atoms with E-state index in [0.29, 0.717) is 13.1 Å². The molecule has 138 valence electrons. The van der Waals surface area contributed by atoms with Crippen molar-refractivity contribution in [2.75, 3.05) is 12.8 Å². The Kier molecular flexibility index (Phi) is 6.20. The highest BCUT2D eigenvalue weighted by molar-refractivity contribution is 7.98. The first-order chi connectivity index (χ1) is 11.8. The second-order valence-corrected chi connectivity index (χ2v) is 8.45. The average Bonchev–Trinajstić information content (AvgIpc) is 2.84. The molecule has 1 fully saturated rings. The van der Waals surface area contributed by atoms with Crippen LogP contribution in [0.2, 0.25) is 0 Å². The molecule has 25 heavy (non-hydrogen) atoms. The van der Waals surface area contributed by atoms with E-state index in [0.717, 1.165) is 18.4 Å². The number of amides is 2. The molecule has 2 amide bonds. The number of hydrogen-bond acceptors (Lipinski definition) is 3. The van der Waals surface area contributed by atoms with Crippen LogP contribution in [-0.2, 0) is 16.1 Å². The molecule has 0 aliphatic heterocycles. The molecular weight excluding hydrogens is 332 g/mol. The first-order valence-electron chi connectivity index (χ1n) is 8.95. The monoisotopic (exact) mass is 362 g/mol. The minimum atomic E-state index is -0.542. The minimum Gasteiger partial charge on any atom is -0.356 e. The van der Waals surface area contributed by atoms with Crippen LogP contribution in [0.3, 0.4) is 0 Å². The van der Waals surface area contributed by atoms with Crippen LogP contribution in [0.15, 0.2) is 29.2 Å². The maximum Gasteiger partial charge on any atom is 0.226 e. The van der Waals surface area contributed by atoms with Crippen LogP contribution in [0.4, 0.5) is 0 Å². The zero-order valence-electron chi connectivity index (χ0n) is 15.9. The molecular formula is C20H30N2O2S. The predicted molar refractivity (Wildman–Crippen MR) is 103 cm³/mol. The SMILES string of the molecule is CCNC(=O)[C@H]1CC[C@@](C)(C(=O)NCc2cccc(SC)c2)C1(C)C. The quantitative estimate of drug-likeness (QED) is 0.760. The molecule has 0 aromatic heterocycles. The Bertz CT molecular complexity index is 644. The topological polar surface area (TPSA) is 58.2 Å². The number of carbonyl (C=O) groups excluding carboxylic acids is 2. The number of rotatable bonds is 6. The largest absolute Gasteiger partial charge is 0.356 e. The summed E-state index contributed by atoms with van der Waals surface area (Å²) in [6.45, 7) is 9.17. The van der Waals surface area contributed by atoms with Crippen LogP contribution in [0.25, 0.3) is 0 Å². The molecule has 1 saturated carbocycles. The van der Waals surface area contributed by atoms with Crippen molar-refractivity contribution in [3.8, 4) is 0 Å². The van der Waals surface area contributed by atoms with Gasteiger partial charge in [0.05, 0.1) is 5.41 Å². The molecule has 0 saturated heterocycles. The maximum absolute atomic E-state index is 13.0. The van der Waals surface area contributed by atoms with Gasteiger partial charge in [-0.05, 0) is 49.1 Å². The number of nitrogens with one attached hydrogen (secondary N) is 2. The summed E-state index contributed by atoms with van der Waals surface area (Å²) >= 11 is 1.69. The first-order valence-corrected chi connectivity index (χ1v) is 10.2. The maximum atomic E-state index is 13.0. The van der Waals surface area contributed by atoms with Gasteiger partial charge in [-0.1, -0.05) is 32.9 Å². The summed E-state index contributed by atoms with van der Waals surface area (Å²) in [5.74, 6) is -0.0152. The Morgan fingerprint density at radius 2 is 1.96 bits per heavy atom. The number of benzene rings is 1. The molecule has 4 nitrogen and oxygen atoms in total. The van der Waals surface area contributed by atoms with E-state index in [-0.39, 0.29) is 23.1 Å². The second-order valence-electron chi connectivity index (χ2n) is 7.57. The normalized spacial score (nSPS) is 24.8. The third kappa shape index (κ3) is 3.86. The fraction of sp³-hybridized carbons (Fsp3) is 0.600. The Morgan fingerprint density at radius 1 is 1.24 bits per heavy atom. The lowest BCUT2D eigenvalue weighted by molar-refractivity contribution is -0.139. The van der Waals surface area contributed by atoms with Crippen molar-refractivity contribution in [3.05, 3.63) is 29.8 Å². The Labute approximate surface area is 155 Å². The third-order valence-corrected chi connectivity index (χ3v) is 6.71. The van der Waals surface area contributed by atoms with Crippen molar-refractivity contribution in [2.45, 2.75) is 52.0 Å². The van der Waals surface area contributed by atoms with E-state index in [1.807, 2.05) is 46.1 Å². The van der Waals surface area contributed by atoms with Crippen LogP contribution < -0.4 is 10.6 Å². The van der Waals surface area contributed by atoms with Crippen molar-refractivity contribution in [1.29, 1.82) is 0 Å². The molecule has 0 heterocycles. The molecule has 0 bridgehead atoms. The number of thioether (sulfide) groups is 1. The molecule has 5 heteroatoms. The zero-order chi connectivity index (χ0) is 18.7. The predicted octanol–water partition coefficient (Wildman–Crippen LogP) is 3.60. The fourth-order valence-electron chi connectivity index (χ4n) is 3.82. The van der Waals surface area contributed by atoms with E-state index in [1.165, 1.54) is 4.90 Å². The van der Waals surface area contributed by atoms with Crippen LogP contribution >= 0.6 is 11.8 Å². The van der Waals surface area contributed by atoms with Crippen LogP contribution in [-0.4, -0.2) is 24.6 Å². The van der Waals surface area contributed by atoms with E-state index in [9.17, 15) is 9.59 Å². The van der Waals surface area contributed by atoms with Crippen LogP contribution in [0, 0.1) is 16.7 Å². The van der Waals surface area contributed by atoms with Crippen molar-refractivity contribution < 1.29 is 9.59 Å². The molecule has 1 aliphatic rings. The summed E-state index contributed by atoms with van der Waals surface area (Å²) in [7, 11) is 0. The van der Waals surface area contributed by atoms with Gasteiger partial charge in [0.1, 0.15) is 0 Å². The lowest BCUT2D eigenvalue weighted by atomic mass is 9.65. The summed E-state index contributed by atoms with van der Waals surface area (Å²) in [6, 6.07) is 8.21. The van der Waals surface area contributed by atoms with E-state index in [2.05, 4.69) is 22.8 Å². The Hall–Kier alpha value is -1.49. The standard InChI is InChI=1S/C20H30N2O2S/c1-6-21-17(23)16-10-11-20(4,19(16,2)3)18(24)22-13-14-8-7-9-15(12-14)25-5/h7-9,12,16H,6,10-11,13H2,1-5H3,(H,21,23)(H,22,24)/t16-,20+/m1/s1. The summed E-state index contributed by atoms with van der Waals surface area (Å²) in [5.41, 5.74) is 0.178. The van der Waals surface area contributed by atoms with E-state index in [4.69, 9.17) is 0 Å². The number of hydrogen-bond donors (Lipinski definition) is 2. The van der Waals surface area contributed by atoms with Crippen molar-refractivity contribution in [3.63, 3.8) is 0 Å². The van der Waals surface area contributed by atoms with Crippen LogP contribution in [0.1, 0.15) is 46.1 Å². The lowest BCUT2D eigenvalue weighted by Crippen LogP contribution is -2.49. The smallest absolute Gasteiger partial charge is 0.226 e. The van der Waals surface area contributed by atoms with E-state index >= 15 is 0 Å². The van der Waals surface area contributed by atoms with Gasteiger partial charge in [0.25, 0.3) is 0 Å². The summed E-state index contributed by atoms with van der Waals surface area (Å²) in [6.07, 6.45) is 3.53. The molecule has 0 spiro atoms. The van der Waals surface area contributed by atoms with E-state index < -0.39 is 5.41 Å². The molecule has 0 unspecified atom stereocenters. The fourth-order valence-corrected chi connectivity index (χ4v) is 4.31.